The lowest BCUT2D eigenvalue weighted by atomic mass is 9.93. The lowest BCUT2D eigenvalue weighted by Crippen LogP contribution is -2.26. The van der Waals surface area contributed by atoms with Crippen LogP contribution < -0.4 is 4.74 Å². The Bertz CT molecular complexity index is 993. The zero-order valence-corrected chi connectivity index (χ0v) is 19.9. The number of esters is 1. The Morgan fingerprint density at radius 2 is 2.16 bits per heavy atom. The maximum Gasteiger partial charge on any atom is 0.337 e. The number of ether oxygens (including phenoxy) is 2. The SMILES string of the molecule is COC(=O)c1ccc2c(c1)CCCC(Br)=C2c1ccc(OC2CCN(CCCF)C2)nc1. The van der Waals surface area contributed by atoms with E-state index in [2.05, 4.69) is 25.8 Å². The third-order valence-electron chi connectivity index (χ3n) is 6.06. The number of benzene rings is 1. The van der Waals surface area contributed by atoms with Crippen LogP contribution in [0.3, 0.4) is 0 Å². The zero-order chi connectivity index (χ0) is 22.5. The van der Waals surface area contributed by atoms with Gasteiger partial charge in [0.1, 0.15) is 6.10 Å². The topological polar surface area (TPSA) is 51.7 Å². The number of carbonyl (C=O) groups excluding carboxylic acids is 1. The van der Waals surface area contributed by atoms with Crippen LogP contribution in [0.25, 0.3) is 5.57 Å². The van der Waals surface area contributed by atoms with Crippen LogP contribution in [0.4, 0.5) is 4.39 Å². The van der Waals surface area contributed by atoms with E-state index in [1.165, 1.54) is 7.11 Å². The molecule has 1 saturated heterocycles. The highest BCUT2D eigenvalue weighted by Crippen LogP contribution is 2.38. The number of halogens is 2. The molecule has 1 aliphatic carbocycles. The average molecular weight is 503 g/mol. The molecule has 0 spiro atoms. The van der Waals surface area contributed by atoms with E-state index >= 15 is 0 Å². The van der Waals surface area contributed by atoms with Crippen molar-refractivity contribution in [3.05, 3.63) is 63.3 Å². The van der Waals surface area contributed by atoms with Crippen LogP contribution in [-0.2, 0) is 11.2 Å². The number of aromatic nitrogens is 1. The largest absolute Gasteiger partial charge is 0.473 e. The van der Waals surface area contributed by atoms with E-state index in [0.717, 1.165) is 72.1 Å². The van der Waals surface area contributed by atoms with Gasteiger partial charge in [-0.25, -0.2) is 9.78 Å². The smallest absolute Gasteiger partial charge is 0.337 e. The summed E-state index contributed by atoms with van der Waals surface area (Å²) in [5.41, 5.74) is 4.93. The Morgan fingerprint density at radius 1 is 1.28 bits per heavy atom. The molecule has 1 aliphatic heterocycles. The van der Waals surface area contributed by atoms with Gasteiger partial charge >= 0.3 is 5.97 Å². The van der Waals surface area contributed by atoms with Crippen molar-refractivity contribution in [1.29, 1.82) is 0 Å². The number of pyridine rings is 1. The normalized spacial score (nSPS) is 18.9. The molecule has 2 aromatic rings. The number of alkyl halides is 1. The first-order valence-electron chi connectivity index (χ1n) is 11.1. The fourth-order valence-corrected chi connectivity index (χ4v) is 5.18. The molecule has 5 nitrogen and oxygen atoms in total. The van der Waals surface area contributed by atoms with E-state index in [4.69, 9.17) is 9.47 Å². The van der Waals surface area contributed by atoms with E-state index < -0.39 is 0 Å². The molecule has 0 saturated carbocycles. The molecule has 1 atom stereocenters. The monoisotopic (exact) mass is 502 g/mol. The lowest BCUT2D eigenvalue weighted by Gasteiger charge is -2.17. The van der Waals surface area contributed by atoms with Gasteiger partial charge in [-0.1, -0.05) is 22.0 Å². The average Bonchev–Trinajstić information content (AvgIpc) is 3.19. The number of hydrogen-bond acceptors (Lipinski definition) is 5. The maximum atomic E-state index is 12.4. The molecule has 0 amide bonds. The first kappa shape index (κ1) is 22.9. The third kappa shape index (κ3) is 5.21. The number of nitrogens with zero attached hydrogens (tertiary/aromatic N) is 2. The number of allylic oxidation sites excluding steroid dienone is 1. The summed E-state index contributed by atoms with van der Waals surface area (Å²) in [6.07, 6.45) is 6.27. The highest BCUT2D eigenvalue weighted by molar-refractivity contribution is 9.11. The van der Waals surface area contributed by atoms with Crippen molar-refractivity contribution in [1.82, 2.24) is 9.88 Å². The summed E-state index contributed by atoms with van der Waals surface area (Å²) >= 11 is 3.79. The summed E-state index contributed by atoms with van der Waals surface area (Å²) < 4.78 is 24.5. The molecule has 0 bridgehead atoms. The number of carbonyl (C=O) groups is 1. The lowest BCUT2D eigenvalue weighted by molar-refractivity contribution is 0.0600. The first-order chi connectivity index (χ1) is 15.6. The molecular weight excluding hydrogens is 475 g/mol. The Hall–Kier alpha value is -2.25. The summed E-state index contributed by atoms with van der Waals surface area (Å²) in [4.78, 5) is 18.8. The molecule has 1 fully saturated rings. The van der Waals surface area contributed by atoms with Crippen molar-refractivity contribution in [2.24, 2.45) is 0 Å². The minimum atomic E-state index is -0.319. The molecular formula is C25H28BrFN2O3. The highest BCUT2D eigenvalue weighted by Gasteiger charge is 2.24. The van der Waals surface area contributed by atoms with E-state index in [9.17, 15) is 9.18 Å². The van der Waals surface area contributed by atoms with Crippen LogP contribution in [0.1, 0.15) is 52.7 Å². The number of aryl methyl sites for hydroxylation is 1. The van der Waals surface area contributed by atoms with Gasteiger partial charge in [0.2, 0.25) is 5.88 Å². The Morgan fingerprint density at radius 3 is 2.91 bits per heavy atom. The van der Waals surface area contributed by atoms with Gasteiger partial charge in [0.25, 0.3) is 0 Å². The van der Waals surface area contributed by atoms with Crippen LogP contribution in [0.5, 0.6) is 5.88 Å². The van der Waals surface area contributed by atoms with Crippen LogP contribution in [0.15, 0.2) is 41.0 Å². The Kier molecular flexibility index (Phi) is 7.58. The number of fused-ring (bicyclic) bond motifs is 1. The van der Waals surface area contributed by atoms with Gasteiger partial charge in [-0.15, -0.1) is 0 Å². The predicted molar refractivity (Wildman–Crippen MR) is 126 cm³/mol. The Balaban J connectivity index is 1.52. The fraction of sp³-hybridized carbons (Fsp3) is 0.440. The van der Waals surface area contributed by atoms with Crippen LogP contribution in [0.2, 0.25) is 0 Å². The summed E-state index contributed by atoms with van der Waals surface area (Å²) in [5, 5.41) is 0. The van der Waals surface area contributed by atoms with Gasteiger partial charge < -0.3 is 9.47 Å². The molecule has 2 heterocycles. The van der Waals surface area contributed by atoms with Crippen molar-refractivity contribution in [3.8, 4) is 5.88 Å². The molecule has 0 N–H and O–H groups in total. The molecule has 7 heteroatoms. The maximum absolute atomic E-state index is 12.4. The number of likely N-dealkylation sites (tertiary alicyclic amines) is 1. The van der Waals surface area contributed by atoms with Crippen LogP contribution in [0, 0.1) is 0 Å². The summed E-state index contributed by atoms with van der Waals surface area (Å²) in [6.45, 7) is 2.26. The van der Waals surface area contributed by atoms with E-state index in [0.29, 0.717) is 17.9 Å². The van der Waals surface area contributed by atoms with Crippen molar-refractivity contribution >= 4 is 27.5 Å². The molecule has 170 valence electrons. The standard InChI is InChI=1S/C25H28BrFN2O3/c1-31-25(30)18-6-8-21-17(14-18)4-2-5-22(26)24(21)19-7-9-23(28-15-19)32-20-10-13-29(16-20)12-3-11-27/h6-9,14-15,20H,2-5,10-13,16H2,1H3. The van der Waals surface area contributed by atoms with Gasteiger partial charge in [-0.2, -0.15) is 0 Å². The van der Waals surface area contributed by atoms with Gasteiger partial charge in [0.15, 0.2) is 0 Å². The second-order valence-corrected chi connectivity index (χ2v) is 9.21. The van der Waals surface area contributed by atoms with Crippen molar-refractivity contribution in [3.63, 3.8) is 0 Å². The second-order valence-electron chi connectivity index (χ2n) is 8.25. The predicted octanol–water partition coefficient (Wildman–Crippen LogP) is 5.17. The van der Waals surface area contributed by atoms with E-state index in [1.54, 1.807) is 0 Å². The molecule has 1 unspecified atom stereocenters. The van der Waals surface area contributed by atoms with Crippen molar-refractivity contribution in [2.45, 2.75) is 38.2 Å². The van der Waals surface area contributed by atoms with E-state index in [1.807, 2.05) is 36.5 Å². The number of methoxy groups -OCH3 is 1. The molecule has 4 rings (SSSR count). The highest BCUT2D eigenvalue weighted by atomic mass is 79.9. The molecule has 1 aromatic heterocycles. The van der Waals surface area contributed by atoms with Gasteiger partial charge in [0, 0.05) is 47.5 Å². The van der Waals surface area contributed by atoms with Crippen LogP contribution in [-0.4, -0.2) is 55.4 Å². The molecule has 2 aliphatic rings. The second kappa shape index (κ2) is 10.6. The quantitative estimate of drug-likeness (QED) is 0.488. The summed E-state index contributed by atoms with van der Waals surface area (Å²) in [7, 11) is 1.40. The van der Waals surface area contributed by atoms with Crippen molar-refractivity contribution < 1.29 is 18.7 Å². The molecule has 32 heavy (non-hydrogen) atoms. The first-order valence-corrected chi connectivity index (χ1v) is 11.9. The van der Waals surface area contributed by atoms with Gasteiger partial charge in [0.05, 0.1) is 19.3 Å². The Labute approximate surface area is 196 Å². The number of rotatable bonds is 7. The van der Waals surface area contributed by atoms with Crippen molar-refractivity contribution in [2.75, 3.05) is 33.4 Å². The minimum absolute atomic E-state index is 0.0919. The van der Waals surface area contributed by atoms with Crippen LogP contribution >= 0.6 is 15.9 Å². The van der Waals surface area contributed by atoms with E-state index in [-0.39, 0.29) is 18.7 Å². The zero-order valence-electron chi connectivity index (χ0n) is 18.3. The summed E-state index contributed by atoms with van der Waals surface area (Å²) in [6, 6.07) is 9.71. The molecule has 1 aromatic carbocycles. The third-order valence-corrected chi connectivity index (χ3v) is 6.85. The molecule has 0 radical (unpaired) electrons. The van der Waals surface area contributed by atoms with Gasteiger partial charge in [-0.3, -0.25) is 9.29 Å². The number of hydrogen-bond donors (Lipinski definition) is 0. The summed E-state index contributed by atoms with van der Waals surface area (Å²) in [5.74, 6) is 0.290. The minimum Gasteiger partial charge on any atom is -0.473 e. The van der Waals surface area contributed by atoms with Gasteiger partial charge in [-0.05, 0) is 61.4 Å². The fourth-order valence-electron chi connectivity index (χ4n) is 4.45.